The van der Waals surface area contributed by atoms with Gasteiger partial charge in [0.25, 0.3) is 0 Å². The number of nitrogens with zero attached hydrogens (tertiary/aromatic N) is 3. The lowest BCUT2D eigenvalue weighted by Gasteiger charge is -2.09. The van der Waals surface area contributed by atoms with Gasteiger partial charge in [-0.3, -0.25) is 4.57 Å². The number of pyridine rings is 1. The van der Waals surface area contributed by atoms with Gasteiger partial charge in [-0.05, 0) is 31.7 Å². The van der Waals surface area contributed by atoms with Crippen LogP contribution in [0.1, 0.15) is 25.5 Å². The number of aromatic nitrogens is 4. The zero-order valence-electron chi connectivity index (χ0n) is 10.1. The Bertz CT molecular complexity index is 591. The first-order valence-electron chi connectivity index (χ1n) is 5.59. The molecule has 0 aromatic carbocycles. The molecule has 0 unspecified atom stereocenters. The smallest absolute Gasteiger partial charge is 0.343 e. The van der Waals surface area contributed by atoms with Gasteiger partial charge in [-0.2, -0.15) is 0 Å². The highest BCUT2D eigenvalue weighted by Crippen LogP contribution is 2.29. The van der Waals surface area contributed by atoms with Crippen LogP contribution in [0.15, 0.2) is 33.3 Å². The lowest BCUT2D eigenvalue weighted by Crippen LogP contribution is -2.16. The van der Waals surface area contributed by atoms with Crippen molar-refractivity contribution in [3.63, 3.8) is 0 Å². The van der Waals surface area contributed by atoms with E-state index in [1.54, 1.807) is 25.3 Å². The third-order valence-corrected chi connectivity index (χ3v) is 3.51. The molecule has 7 heteroatoms. The predicted molar refractivity (Wildman–Crippen MR) is 67.5 cm³/mol. The fourth-order valence-electron chi connectivity index (χ4n) is 1.55. The van der Waals surface area contributed by atoms with E-state index in [1.807, 2.05) is 6.92 Å². The van der Waals surface area contributed by atoms with Crippen LogP contribution in [-0.2, 0) is 6.54 Å². The van der Waals surface area contributed by atoms with Crippen molar-refractivity contribution in [3.05, 3.63) is 34.4 Å². The van der Waals surface area contributed by atoms with Gasteiger partial charge in [0.15, 0.2) is 5.16 Å². The molecule has 1 atom stereocenters. The molecule has 96 valence electrons. The van der Waals surface area contributed by atoms with Gasteiger partial charge in [-0.1, -0.05) is 6.07 Å². The summed E-state index contributed by atoms with van der Waals surface area (Å²) in [4.78, 5) is 15.7. The number of aliphatic hydroxyl groups is 1. The van der Waals surface area contributed by atoms with E-state index in [9.17, 15) is 9.90 Å². The second-order valence-electron chi connectivity index (χ2n) is 3.73. The molecule has 18 heavy (non-hydrogen) atoms. The second kappa shape index (κ2) is 5.36. The minimum absolute atomic E-state index is 0.241. The van der Waals surface area contributed by atoms with Gasteiger partial charge in [0.1, 0.15) is 5.03 Å². The minimum atomic E-state index is -0.609. The maximum Gasteiger partial charge on any atom is 0.343 e. The summed E-state index contributed by atoms with van der Waals surface area (Å²) in [6, 6.07) is 3.57. The number of aromatic amines is 1. The SMILES string of the molecule is CCn1c(Sc2ncccc2[C@H](C)O)n[nH]c1=O. The van der Waals surface area contributed by atoms with Crippen molar-refractivity contribution in [2.24, 2.45) is 0 Å². The van der Waals surface area contributed by atoms with Crippen LogP contribution >= 0.6 is 11.8 Å². The molecule has 0 amide bonds. The normalized spacial score (nSPS) is 12.6. The summed E-state index contributed by atoms with van der Waals surface area (Å²) in [7, 11) is 0. The first kappa shape index (κ1) is 12.8. The average Bonchev–Trinajstić information content (AvgIpc) is 2.70. The second-order valence-corrected chi connectivity index (χ2v) is 4.69. The zero-order chi connectivity index (χ0) is 13.1. The van der Waals surface area contributed by atoms with Crippen LogP contribution in [-0.4, -0.2) is 24.9 Å². The number of aliphatic hydroxyl groups excluding tert-OH is 1. The number of hydrogen-bond acceptors (Lipinski definition) is 5. The Morgan fingerprint density at radius 3 is 3.06 bits per heavy atom. The van der Waals surface area contributed by atoms with Crippen molar-refractivity contribution < 1.29 is 5.11 Å². The fraction of sp³-hybridized carbons (Fsp3) is 0.364. The zero-order valence-corrected chi connectivity index (χ0v) is 10.9. The molecular formula is C11H14N4O2S. The van der Waals surface area contributed by atoms with Crippen molar-refractivity contribution in [2.45, 2.75) is 36.7 Å². The molecule has 0 fully saturated rings. The molecule has 0 aliphatic heterocycles. The van der Waals surface area contributed by atoms with Crippen molar-refractivity contribution in [1.82, 2.24) is 19.7 Å². The Balaban J connectivity index is 2.37. The van der Waals surface area contributed by atoms with Gasteiger partial charge in [0.05, 0.1) is 6.10 Å². The van der Waals surface area contributed by atoms with Crippen LogP contribution in [0.5, 0.6) is 0 Å². The highest BCUT2D eigenvalue weighted by Gasteiger charge is 2.14. The molecule has 2 heterocycles. The predicted octanol–water partition coefficient (Wildman–Crippen LogP) is 1.19. The van der Waals surface area contributed by atoms with E-state index in [4.69, 9.17) is 0 Å². The van der Waals surface area contributed by atoms with Crippen LogP contribution in [0, 0.1) is 0 Å². The van der Waals surface area contributed by atoms with Gasteiger partial charge < -0.3 is 5.11 Å². The number of hydrogen-bond donors (Lipinski definition) is 2. The van der Waals surface area contributed by atoms with Crippen LogP contribution in [0.2, 0.25) is 0 Å². The molecule has 2 aromatic heterocycles. The number of rotatable bonds is 4. The van der Waals surface area contributed by atoms with E-state index >= 15 is 0 Å². The summed E-state index contributed by atoms with van der Waals surface area (Å²) in [6.07, 6.45) is 1.04. The monoisotopic (exact) mass is 266 g/mol. The molecule has 6 nitrogen and oxygen atoms in total. The van der Waals surface area contributed by atoms with E-state index in [0.717, 1.165) is 5.56 Å². The quantitative estimate of drug-likeness (QED) is 0.868. The molecule has 0 spiro atoms. The summed E-state index contributed by atoms with van der Waals surface area (Å²) in [5, 5.41) is 17.2. The largest absolute Gasteiger partial charge is 0.389 e. The van der Waals surface area contributed by atoms with Crippen molar-refractivity contribution in [2.75, 3.05) is 0 Å². The van der Waals surface area contributed by atoms with Gasteiger partial charge >= 0.3 is 5.69 Å². The third-order valence-electron chi connectivity index (χ3n) is 2.48. The van der Waals surface area contributed by atoms with Gasteiger partial charge in [0, 0.05) is 18.3 Å². The van der Waals surface area contributed by atoms with E-state index in [0.29, 0.717) is 16.7 Å². The van der Waals surface area contributed by atoms with E-state index in [2.05, 4.69) is 15.2 Å². The average molecular weight is 266 g/mol. The molecule has 2 N–H and O–H groups in total. The summed E-state index contributed by atoms with van der Waals surface area (Å²) < 4.78 is 1.52. The topological polar surface area (TPSA) is 83.8 Å². The van der Waals surface area contributed by atoms with Crippen LogP contribution < -0.4 is 5.69 Å². The van der Waals surface area contributed by atoms with E-state index < -0.39 is 6.10 Å². The number of H-pyrrole nitrogens is 1. The maximum atomic E-state index is 11.4. The molecule has 0 saturated heterocycles. The Morgan fingerprint density at radius 1 is 1.61 bits per heavy atom. The maximum absolute atomic E-state index is 11.4. The standard InChI is InChI=1S/C11H14N4O2S/c1-3-15-10(17)13-14-11(15)18-9-8(7(2)16)5-4-6-12-9/h4-7,16H,3H2,1-2H3,(H,13,17)/t7-/m0/s1. The summed E-state index contributed by atoms with van der Waals surface area (Å²) in [5.41, 5.74) is 0.482. The molecule has 0 aliphatic carbocycles. The summed E-state index contributed by atoms with van der Waals surface area (Å²) in [5.74, 6) is 0. The molecular weight excluding hydrogens is 252 g/mol. The van der Waals surface area contributed by atoms with E-state index in [1.165, 1.54) is 16.3 Å². The molecule has 0 radical (unpaired) electrons. The minimum Gasteiger partial charge on any atom is -0.389 e. The van der Waals surface area contributed by atoms with Crippen LogP contribution in [0.3, 0.4) is 0 Å². The lowest BCUT2D eigenvalue weighted by atomic mass is 10.2. The van der Waals surface area contributed by atoms with Crippen LogP contribution in [0.25, 0.3) is 0 Å². The van der Waals surface area contributed by atoms with Gasteiger partial charge in [-0.15, -0.1) is 5.10 Å². The lowest BCUT2D eigenvalue weighted by molar-refractivity contribution is 0.195. The van der Waals surface area contributed by atoms with Crippen molar-refractivity contribution in [1.29, 1.82) is 0 Å². The Hall–Kier alpha value is -1.60. The molecule has 0 aliphatic rings. The first-order chi connectivity index (χ1) is 8.63. The molecule has 0 saturated carbocycles. The van der Waals surface area contributed by atoms with Crippen LogP contribution in [0.4, 0.5) is 0 Å². The molecule has 0 bridgehead atoms. The van der Waals surface area contributed by atoms with E-state index in [-0.39, 0.29) is 5.69 Å². The fourth-order valence-corrected chi connectivity index (χ4v) is 2.61. The summed E-state index contributed by atoms with van der Waals surface area (Å²) >= 11 is 1.26. The highest BCUT2D eigenvalue weighted by atomic mass is 32.2. The first-order valence-corrected chi connectivity index (χ1v) is 6.41. The Labute approximate surface area is 108 Å². The third kappa shape index (κ3) is 2.46. The Kier molecular flexibility index (Phi) is 3.83. The molecule has 2 aromatic rings. The van der Waals surface area contributed by atoms with Gasteiger partial charge in [-0.25, -0.2) is 14.9 Å². The molecule has 2 rings (SSSR count). The number of nitrogens with one attached hydrogen (secondary N) is 1. The highest BCUT2D eigenvalue weighted by molar-refractivity contribution is 7.99. The van der Waals surface area contributed by atoms with Crippen molar-refractivity contribution >= 4 is 11.8 Å². The van der Waals surface area contributed by atoms with Gasteiger partial charge in [0.2, 0.25) is 0 Å². The Morgan fingerprint density at radius 2 is 2.39 bits per heavy atom. The summed E-state index contributed by atoms with van der Waals surface area (Å²) in [6.45, 7) is 4.09. The van der Waals surface area contributed by atoms with Crippen molar-refractivity contribution in [3.8, 4) is 0 Å².